The minimum Gasteiger partial charge on any atom is -0.383 e. The Kier molecular flexibility index (Phi) is 2.37. The van der Waals surface area contributed by atoms with Crippen LogP contribution in [-0.4, -0.2) is 19.3 Å². The average Bonchev–Trinajstić information content (AvgIpc) is 3.00. The van der Waals surface area contributed by atoms with Crippen molar-refractivity contribution in [3.8, 4) is 16.9 Å². The number of anilines is 1. The maximum Gasteiger partial charge on any atom is 0.131 e. The van der Waals surface area contributed by atoms with Gasteiger partial charge in [-0.3, -0.25) is 0 Å². The highest BCUT2D eigenvalue weighted by Crippen LogP contribution is 2.23. The van der Waals surface area contributed by atoms with E-state index in [9.17, 15) is 0 Å². The quantitative estimate of drug-likeness (QED) is 0.742. The molecule has 0 unspecified atom stereocenters. The first-order valence-corrected chi connectivity index (χ1v) is 5.63. The number of para-hydroxylation sites is 1. The van der Waals surface area contributed by atoms with Gasteiger partial charge < -0.3 is 10.3 Å². The monoisotopic (exact) mass is 239 g/mol. The van der Waals surface area contributed by atoms with Crippen LogP contribution in [0.4, 0.5) is 5.82 Å². The van der Waals surface area contributed by atoms with Gasteiger partial charge in [0.05, 0.1) is 18.2 Å². The predicted octanol–water partition coefficient (Wildman–Crippen LogP) is 1.85. The van der Waals surface area contributed by atoms with Gasteiger partial charge in [0, 0.05) is 18.8 Å². The summed E-state index contributed by atoms with van der Waals surface area (Å²) in [6.45, 7) is 0. The van der Waals surface area contributed by atoms with E-state index in [2.05, 4.69) is 10.1 Å². The number of hydrogen-bond donors (Lipinski definition) is 1. The summed E-state index contributed by atoms with van der Waals surface area (Å²) in [5.41, 5.74) is 8.64. The first-order valence-electron chi connectivity index (χ1n) is 5.63. The van der Waals surface area contributed by atoms with Crippen LogP contribution < -0.4 is 5.73 Å². The SMILES string of the molecule is Cn1cnc(-c2cnn(-c3ccccc3)c2)c1N. The molecule has 0 fully saturated rings. The summed E-state index contributed by atoms with van der Waals surface area (Å²) in [5, 5.41) is 4.33. The minimum absolute atomic E-state index is 0.641. The van der Waals surface area contributed by atoms with E-state index in [4.69, 9.17) is 5.73 Å². The standard InChI is InChI=1S/C13H13N5/c1-17-9-15-12(13(17)14)10-7-16-18(8-10)11-5-3-2-4-6-11/h2-9H,14H2,1H3. The van der Waals surface area contributed by atoms with Crippen molar-refractivity contribution in [3.63, 3.8) is 0 Å². The molecule has 18 heavy (non-hydrogen) atoms. The number of imidazole rings is 1. The van der Waals surface area contributed by atoms with Gasteiger partial charge in [-0.2, -0.15) is 5.10 Å². The number of hydrogen-bond acceptors (Lipinski definition) is 3. The van der Waals surface area contributed by atoms with Crippen molar-refractivity contribution in [1.82, 2.24) is 19.3 Å². The van der Waals surface area contributed by atoms with Crippen LogP contribution in [0.3, 0.4) is 0 Å². The second kappa shape index (κ2) is 4.03. The van der Waals surface area contributed by atoms with Gasteiger partial charge in [0.1, 0.15) is 11.5 Å². The Morgan fingerprint density at radius 2 is 1.94 bits per heavy atom. The van der Waals surface area contributed by atoms with Gasteiger partial charge in [0.15, 0.2) is 0 Å². The van der Waals surface area contributed by atoms with E-state index in [1.54, 1.807) is 17.1 Å². The largest absolute Gasteiger partial charge is 0.383 e. The maximum atomic E-state index is 5.95. The highest BCUT2D eigenvalue weighted by Gasteiger charge is 2.10. The van der Waals surface area contributed by atoms with E-state index in [0.29, 0.717) is 5.82 Å². The molecule has 0 aliphatic rings. The maximum absolute atomic E-state index is 5.95. The highest BCUT2D eigenvalue weighted by atomic mass is 15.3. The van der Waals surface area contributed by atoms with Crippen molar-refractivity contribution in [3.05, 3.63) is 49.1 Å². The third-order valence-electron chi connectivity index (χ3n) is 2.86. The number of rotatable bonds is 2. The lowest BCUT2D eigenvalue weighted by molar-refractivity contribution is 0.881. The molecule has 5 nitrogen and oxygen atoms in total. The second-order valence-corrected chi connectivity index (χ2v) is 4.10. The smallest absolute Gasteiger partial charge is 0.131 e. The van der Waals surface area contributed by atoms with Crippen molar-refractivity contribution in [2.24, 2.45) is 7.05 Å². The first-order chi connectivity index (χ1) is 8.75. The van der Waals surface area contributed by atoms with Crippen LogP contribution >= 0.6 is 0 Å². The van der Waals surface area contributed by atoms with Crippen molar-refractivity contribution in [1.29, 1.82) is 0 Å². The Labute approximate surface area is 104 Å². The van der Waals surface area contributed by atoms with Crippen LogP contribution in [0.1, 0.15) is 0 Å². The molecular formula is C13H13N5. The van der Waals surface area contributed by atoms with Crippen LogP contribution in [0.25, 0.3) is 16.9 Å². The Morgan fingerprint density at radius 1 is 1.17 bits per heavy atom. The molecule has 0 atom stereocenters. The molecule has 0 saturated heterocycles. The fourth-order valence-electron chi connectivity index (χ4n) is 1.83. The minimum atomic E-state index is 0.641. The summed E-state index contributed by atoms with van der Waals surface area (Å²) < 4.78 is 3.60. The summed E-state index contributed by atoms with van der Waals surface area (Å²) in [5.74, 6) is 0.641. The Morgan fingerprint density at radius 3 is 2.61 bits per heavy atom. The molecule has 0 amide bonds. The molecule has 2 N–H and O–H groups in total. The Balaban J connectivity index is 2.02. The lowest BCUT2D eigenvalue weighted by atomic mass is 10.2. The van der Waals surface area contributed by atoms with Crippen LogP contribution in [0.2, 0.25) is 0 Å². The second-order valence-electron chi connectivity index (χ2n) is 4.10. The summed E-state index contributed by atoms with van der Waals surface area (Å²) in [7, 11) is 1.87. The van der Waals surface area contributed by atoms with Gasteiger partial charge in [-0.25, -0.2) is 9.67 Å². The molecule has 0 radical (unpaired) electrons. The van der Waals surface area contributed by atoms with Gasteiger partial charge in [0.25, 0.3) is 0 Å². The third kappa shape index (κ3) is 1.66. The summed E-state index contributed by atoms with van der Waals surface area (Å²) >= 11 is 0. The molecule has 0 spiro atoms. The molecule has 0 bridgehead atoms. The van der Waals surface area contributed by atoms with Crippen LogP contribution in [0, 0.1) is 0 Å². The Hall–Kier alpha value is -2.56. The molecule has 2 heterocycles. The Bertz CT molecular complexity index is 666. The summed E-state index contributed by atoms with van der Waals surface area (Å²) in [6.07, 6.45) is 5.39. The lowest BCUT2D eigenvalue weighted by Crippen LogP contribution is -1.95. The fourth-order valence-corrected chi connectivity index (χ4v) is 1.83. The van der Waals surface area contributed by atoms with Crippen LogP contribution in [-0.2, 0) is 7.05 Å². The molecule has 3 rings (SSSR count). The van der Waals surface area contributed by atoms with Gasteiger partial charge in [-0.1, -0.05) is 18.2 Å². The first kappa shape index (κ1) is 10.6. The zero-order valence-electron chi connectivity index (χ0n) is 9.99. The number of nitrogens with two attached hydrogens (primary N) is 1. The van der Waals surface area contributed by atoms with Crippen LogP contribution in [0.5, 0.6) is 0 Å². The molecule has 0 aliphatic carbocycles. The number of aryl methyl sites for hydroxylation is 1. The fraction of sp³-hybridized carbons (Fsp3) is 0.0769. The van der Waals surface area contributed by atoms with Crippen molar-refractivity contribution in [2.75, 3.05) is 5.73 Å². The normalized spacial score (nSPS) is 10.7. The molecule has 2 aromatic heterocycles. The van der Waals surface area contributed by atoms with Gasteiger partial charge in [-0.05, 0) is 12.1 Å². The molecule has 5 heteroatoms. The topological polar surface area (TPSA) is 61.7 Å². The van der Waals surface area contributed by atoms with Crippen molar-refractivity contribution >= 4 is 5.82 Å². The predicted molar refractivity (Wildman–Crippen MR) is 70.2 cm³/mol. The number of nitrogens with zero attached hydrogens (tertiary/aromatic N) is 4. The van der Waals surface area contributed by atoms with Crippen molar-refractivity contribution < 1.29 is 0 Å². The summed E-state index contributed by atoms with van der Waals surface area (Å²) in [6, 6.07) is 9.93. The number of nitrogen functional groups attached to an aromatic ring is 1. The van der Waals surface area contributed by atoms with E-state index < -0.39 is 0 Å². The molecule has 90 valence electrons. The van der Waals surface area contributed by atoms with Gasteiger partial charge in [0.2, 0.25) is 0 Å². The average molecular weight is 239 g/mol. The molecule has 0 aliphatic heterocycles. The molecular weight excluding hydrogens is 226 g/mol. The van der Waals surface area contributed by atoms with Crippen LogP contribution in [0.15, 0.2) is 49.1 Å². The highest BCUT2D eigenvalue weighted by molar-refractivity contribution is 5.69. The van der Waals surface area contributed by atoms with E-state index in [1.807, 2.05) is 48.3 Å². The number of benzene rings is 1. The molecule has 1 aromatic carbocycles. The summed E-state index contributed by atoms with van der Waals surface area (Å²) in [4.78, 5) is 4.28. The van der Waals surface area contributed by atoms with E-state index in [1.165, 1.54) is 0 Å². The van der Waals surface area contributed by atoms with Gasteiger partial charge in [-0.15, -0.1) is 0 Å². The molecule has 3 aromatic rings. The van der Waals surface area contributed by atoms with E-state index >= 15 is 0 Å². The zero-order valence-corrected chi connectivity index (χ0v) is 9.99. The molecule has 0 saturated carbocycles. The number of aromatic nitrogens is 4. The van der Waals surface area contributed by atoms with E-state index in [0.717, 1.165) is 16.9 Å². The van der Waals surface area contributed by atoms with Gasteiger partial charge >= 0.3 is 0 Å². The van der Waals surface area contributed by atoms with E-state index in [-0.39, 0.29) is 0 Å². The zero-order chi connectivity index (χ0) is 12.5. The third-order valence-corrected chi connectivity index (χ3v) is 2.86. The lowest BCUT2D eigenvalue weighted by Gasteiger charge is -1.99. The van der Waals surface area contributed by atoms with Crippen molar-refractivity contribution in [2.45, 2.75) is 0 Å².